The lowest BCUT2D eigenvalue weighted by Crippen LogP contribution is -2.44. The molecule has 0 bridgehead atoms. The van der Waals surface area contributed by atoms with Crippen LogP contribution >= 0.6 is 12.4 Å². The lowest BCUT2D eigenvalue weighted by molar-refractivity contribution is -0.134. The summed E-state index contributed by atoms with van der Waals surface area (Å²) < 4.78 is 60.8. The third kappa shape index (κ3) is 6.78. The van der Waals surface area contributed by atoms with Crippen molar-refractivity contribution in [1.29, 1.82) is 0 Å². The van der Waals surface area contributed by atoms with E-state index in [1.54, 1.807) is 0 Å². The lowest BCUT2D eigenvalue weighted by Gasteiger charge is -2.31. The molecule has 1 saturated heterocycles. The molecule has 0 amide bonds. The number of sulfonamides is 1. The number of hydrogen-bond donors (Lipinski definition) is 1. The maximum absolute atomic E-state index is 12.0. The highest BCUT2D eigenvalue weighted by Gasteiger charge is 2.30. The average molecular weight is 325 g/mol. The average Bonchev–Trinajstić information content (AvgIpc) is 2.27. The van der Waals surface area contributed by atoms with E-state index in [1.165, 1.54) is 4.31 Å². The Labute approximate surface area is 118 Å². The fourth-order valence-electron chi connectivity index (χ4n) is 2.01. The summed E-state index contributed by atoms with van der Waals surface area (Å²) in [5.41, 5.74) is 0. The second-order valence-corrected chi connectivity index (χ2v) is 6.59. The molecule has 116 valence electrons. The Hall–Kier alpha value is -0.0500. The van der Waals surface area contributed by atoms with Crippen molar-refractivity contribution < 1.29 is 21.6 Å². The minimum Gasteiger partial charge on any atom is -0.317 e. The number of nitrogens with one attached hydrogen (secondary N) is 1. The predicted molar refractivity (Wildman–Crippen MR) is 70.0 cm³/mol. The van der Waals surface area contributed by atoms with Gasteiger partial charge in [-0.1, -0.05) is 0 Å². The first-order chi connectivity index (χ1) is 8.24. The Morgan fingerprint density at radius 2 is 1.79 bits per heavy atom. The summed E-state index contributed by atoms with van der Waals surface area (Å²) in [4.78, 5) is 0. The molecule has 0 spiro atoms. The molecular weight excluding hydrogens is 305 g/mol. The van der Waals surface area contributed by atoms with E-state index in [4.69, 9.17) is 0 Å². The van der Waals surface area contributed by atoms with Crippen LogP contribution in [0.15, 0.2) is 0 Å². The summed E-state index contributed by atoms with van der Waals surface area (Å²) in [5, 5.41) is 3.07. The molecule has 9 heteroatoms. The van der Waals surface area contributed by atoms with Gasteiger partial charge in [-0.05, 0) is 26.3 Å². The van der Waals surface area contributed by atoms with Crippen LogP contribution in [0, 0.1) is 0 Å². The van der Waals surface area contributed by atoms with Crippen LogP contribution in [0.5, 0.6) is 0 Å². The Kier molecular flexibility index (Phi) is 7.64. The van der Waals surface area contributed by atoms with E-state index in [-0.39, 0.29) is 18.8 Å². The van der Waals surface area contributed by atoms with E-state index in [2.05, 4.69) is 5.32 Å². The molecule has 0 radical (unpaired) electrons. The van der Waals surface area contributed by atoms with E-state index in [1.807, 2.05) is 7.05 Å². The van der Waals surface area contributed by atoms with Gasteiger partial charge in [0.05, 0.1) is 5.75 Å². The molecule has 0 aromatic rings. The van der Waals surface area contributed by atoms with Gasteiger partial charge >= 0.3 is 6.18 Å². The Bertz CT molecular complexity index is 354. The molecular formula is C10H20ClF3N2O2S. The van der Waals surface area contributed by atoms with Gasteiger partial charge in [0.25, 0.3) is 0 Å². The summed E-state index contributed by atoms with van der Waals surface area (Å²) in [6.45, 7) is 0.777. The molecule has 4 nitrogen and oxygen atoms in total. The minimum absolute atomic E-state index is 0. The lowest BCUT2D eigenvalue weighted by atomic mass is 10.1. The van der Waals surface area contributed by atoms with Crippen molar-refractivity contribution in [2.75, 3.05) is 25.9 Å². The van der Waals surface area contributed by atoms with Gasteiger partial charge in [0.15, 0.2) is 0 Å². The third-order valence-electron chi connectivity index (χ3n) is 3.12. The molecule has 1 N–H and O–H groups in total. The molecule has 0 saturated carbocycles. The van der Waals surface area contributed by atoms with Crippen LogP contribution in [-0.4, -0.2) is 50.8 Å². The van der Waals surface area contributed by atoms with Crippen LogP contribution in [0.4, 0.5) is 13.2 Å². The molecule has 0 aromatic heterocycles. The zero-order valence-electron chi connectivity index (χ0n) is 10.7. The van der Waals surface area contributed by atoms with Crippen LogP contribution in [0.1, 0.15) is 25.7 Å². The van der Waals surface area contributed by atoms with Gasteiger partial charge in [-0.3, -0.25) is 0 Å². The second-order valence-electron chi connectivity index (χ2n) is 4.50. The molecule has 1 rings (SSSR count). The Morgan fingerprint density at radius 3 is 2.21 bits per heavy atom. The van der Waals surface area contributed by atoms with Crippen molar-refractivity contribution in [2.24, 2.45) is 0 Å². The third-order valence-corrected chi connectivity index (χ3v) is 5.07. The molecule has 19 heavy (non-hydrogen) atoms. The summed E-state index contributed by atoms with van der Waals surface area (Å²) in [7, 11) is -1.71. The van der Waals surface area contributed by atoms with Crippen molar-refractivity contribution in [3.63, 3.8) is 0 Å². The zero-order valence-corrected chi connectivity index (χ0v) is 12.4. The fourth-order valence-corrected chi connectivity index (χ4v) is 3.54. The van der Waals surface area contributed by atoms with Crippen LogP contribution < -0.4 is 5.32 Å². The molecule has 1 fully saturated rings. The topological polar surface area (TPSA) is 49.4 Å². The quantitative estimate of drug-likeness (QED) is 0.838. The highest BCUT2D eigenvalue weighted by atomic mass is 35.5. The summed E-state index contributed by atoms with van der Waals surface area (Å²) in [6, 6.07) is 0.298. The number of hydrogen-bond acceptors (Lipinski definition) is 3. The Balaban J connectivity index is 0.00000324. The summed E-state index contributed by atoms with van der Waals surface area (Å²) in [6.07, 6.45) is -4.28. The van der Waals surface area contributed by atoms with E-state index < -0.39 is 28.4 Å². The van der Waals surface area contributed by atoms with Crippen LogP contribution in [0.3, 0.4) is 0 Å². The second kappa shape index (κ2) is 7.66. The number of alkyl halides is 3. The van der Waals surface area contributed by atoms with Crippen molar-refractivity contribution in [1.82, 2.24) is 9.62 Å². The first kappa shape index (κ1) is 18.9. The van der Waals surface area contributed by atoms with E-state index in [9.17, 15) is 21.6 Å². The minimum atomic E-state index is -4.28. The molecule has 0 aliphatic carbocycles. The van der Waals surface area contributed by atoms with Crippen LogP contribution in [-0.2, 0) is 10.0 Å². The molecule has 1 heterocycles. The Morgan fingerprint density at radius 1 is 1.26 bits per heavy atom. The summed E-state index contributed by atoms with van der Waals surface area (Å²) in [5.74, 6) is -0.420. The van der Waals surface area contributed by atoms with Gasteiger partial charge < -0.3 is 5.32 Å². The van der Waals surface area contributed by atoms with Gasteiger partial charge in [0.1, 0.15) is 0 Å². The van der Waals surface area contributed by atoms with Gasteiger partial charge in [-0.15, -0.1) is 12.4 Å². The van der Waals surface area contributed by atoms with Gasteiger partial charge in [-0.25, -0.2) is 12.7 Å². The first-order valence-electron chi connectivity index (χ1n) is 5.96. The smallest absolute Gasteiger partial charge is 0.317 e. The van der Waals surface area contributed by atoms with Gasteiger partial charge in [-0.2, -0.15) is 13.2 Å². The van der Waals surface area contributed by atoms with Crippen LogP contribution in [0.2, 0.25) is 0 Å². The molecule has 0 unspecified atom stereocenters. The fraction of sp³-hybridized carbons (Fsp3) is 1.00. The van der Waals surface area contributed by atoms with Gasteiger partial charge in [0, 0.05) is 25.6 Å². The molecule has 1 aliphatic rings. The van der Waals surface area contributed by atoms with Gasteiger partial charge in [0.2, 0.25) is 10.0 Å². The van der Waals surface area contributed by atoms with Crippen molar-refractivity contribution in [2.45, 2.75) is 37.9 Å². The zero-order chi connectivity index (χ0) is 13.8. The summed E-state index contributed by atoms with van der Waals surface area (Å²) >= 11 is 0. The van der Waals surface area contributed by atoms with Crippen molar-refractivity contribution in [3.05, 3.63) is 0 Å². The standard InChI is InChI=1S/C10H19F3N2O2S.ClH/c1-14-9-3-6-15(7-4-9)18(16,17)8-2-5-10(11,12)13;/h9,14H,2-8H2,1H3;1H. The van der Waals surface area contributed by atoms with Crippen molar-refractivity contribution in [3.8, 4) is 0 Å². The largest absolute Gasteiger partial charge is 0.389 e. The highest BCUT2D eigenvalue weighted by Crippen LogP contribution is 2.22. The molecule has 0 aromatic carbocycles. The predicted octanol–water partition coefficient (Wildman–Crippen LogP) is 1.76. The number of halogens is 4. The monoisotopic (exact) mass is 324 g/mol. The SMILES string of the molecule is CNC1CCN(S(=O)(=O)CCCC(F)(F)F)CC1.Cl. The maximum atomic E-state index is 12.0. The highest BCUT2D eigenvalue weighted by molar-refractivity contribution is 7.89. The van der Waals surface area contributed by atoms with Crippen molar-refractivity contribution >= 4 is 22.4 Å². The maximum Gasteiger partial charge on any atom is 0.389 e. The molecule has 1 aliphatic heterocycles. The number of rotatable bonds is 5. The first-order valence-corrected chi connectivity index (χ1v) is 7.57. The van der Waals surface area contributed by atoms with E-state index in [0.717, 1.165) is 0 Å². The molecule has 0 atom stereocenters. The number of nitrogens with zero attached hydrogens (tertiary/aromatic N) is 1. The van der Waals surface area contributed by atoms with E-state index in [0.29, 0.717) is 32.0 Å². The van der Waals surface area contributed by atoms with Crippen LogP contribution in [0.25, 0.3) is 0 Å². The number of piperidine rings is 1. The normalized spacial score (nSPS) is 19.2. The van der Waals surface area contributed by atoms with E-state index >= 15 is 0 Å².